The molecule has 0 aliphatic rings. The molecule has 2 aromatic heterocycles. The molecule has 0 N–H and O–H groups in total. The van der Waals surface area contributed by atoms with E-state index in [0.29, 0.717) is 11.6 Å². The van der Waals surface area contributed by atoms with E-state index in [4.69, 9.17) is 14.0 Å². The van der Waals surface area contributed by atoms with Gasteiger partial charge < -0.3 is 14.0 Å². The van der Waals surface area contributed by atoms with Crippen LogP contribution in [0.3, 0.4) is 0 Å². The molecule has 0 amide bonds. The molecule has 0 atom stereocenters. The molecule has 0 radical (unpaired) electrons. The molecule has 8 nitrogen and oxygen atoms in total. The second-order valence-corrected chi connectivity index (χ2v) is 3.10. The molecule has 0 saturated carbocycles. The van der Waals surface area contributed by atoms with Crippen LogP contribution in [0.15, 0.2) is 16.7 Å². The van der Waals surface area contributed by atoms with E-state index in [-0.39, 0.29) is 18.3 Å². The molecule has 8 heteroatoms. The molecule has 0 aliphatic heterocycles. The second-order valence-electron chi connectivity index (χ2n) is 3.10. The average molecular weight is 250 g/mol. The minimum atomic E-state index is -0.669. The maximum atomic E-state index is 11.3. The Balaban J connectivity index is 2.20. The van der Waals surface area contributed by atoms with Crippen LogP contribution >= 0.6 is 0 Å². The lowest BCUT2D eigenvalue weighted by Gasteiger charge is -1.96. The predicted molar refractivity (Wildman–Crippen MR) is 57.8 cm³/mol. The summed E-state index contributed by atoms with van der Waals surface area (Å²) < 4.78 is 14.3. The lowest BCUT2D eigenvalue weighted by Crippen LogP contribution is -2.04. The first kappa shape index (κ1) is 12.0. The largest absolute Gasteiger partial charge is 0.480 e. The Morgan fingerprint density at radius 1 is 1.39 bits per heavy atom. The predicted octanol–water partition coefficient (Wildman–Crippen LogP) is 0.712. The zero-order valence-electron chi connectivity index (χ0n) is 9.78. The van der Waals surface area contributed by atoms with Crippen molar-refractivity contribution in [3.8, 4) is 17.4 Å². The van der Waals surface area contributed by atoms with Gasteiger partial charge in [0, 0.05) is 6.07 Å². The van der Waals surface area contributed by atoms with Crippen molar-refractivity contribution in [1.82, 2.24) is 20.3 Å². The third-order valence-electron chi connectivity index (χ3n) is 1.95. The molecular weight excluding hydrogens is 240 g/mol. The zero-order chi connectivity index (χ0) is 13.0. The summed E-state index contributed by atoms with van der Waals surface area (Å²) >= 11 is 0. The molecule has 2 rings (SSSR count). The highest BCUT2D eigenvalue weighted by atomic mass is 16.6. The van der Waals surface area contributed by atoms with Crippen LogP contribution in [0.1, 0.15) is 17.6 Å². The SMILES string of the molecule is CCOC(=O)c1nc(-c2ccc(OC)nn2)no1. The number of ether oxygens (including phenoxy) is 2. The van der Waals surface area contributed by atoms with Gasteiger partial charge in [0.2, 0.25) is 11.7 Å². The fourth-order valence-corrected chi connectivity index (χ4v) is 1.15. The van der Waals surface area contributed by atoms with Crippen molar-refractivity contribution >= 4 is 5.97 Å². The molecule has 0 spiro atoms. The molecule has 18 heavy (non-hydrogen) atoms. The summed E-state index contributed by atoms with van der Waals surface area (Å²) in [7, 11) is 1.48. The zero-order valence-corrected chi connectivity index (χ0v) is 9.78. The standard InChI is InChI=1S/C10H10N4O4/c1-3-17-10(15)9-11-8(14-18-9)6-4-5-7(16-2)13-12-6/h4-5H,3H2,1-2H3. The van der Waals surface area contributed by atoms with E-state index in [1.54, 1.807) is 19.1 Å². The van der Waals surface area contributed by atoms with Crippen LogP contribution in [0.25, 0.3) is 11.5 Å². The highest BCUT2D eigenvalue weighted by Gasteiger charge is 2.17. The summed E-state index contributed by atoms with van der Waals surface area (Å²) in [5, 5.41) is 11.2. The van der Waals surface area contributed by atoms with Gasteiger partial charge in [-0.2, -0.15) is 4.98 Å². The summed E-state index contributed by atoms with van der Waals surface area (Å²) in [5.74, 6) is -0.358. The van der Waals surface area contributed by atoms with E-state index in [0.717, 1.165) is 0 Å². The number of methoxy groups -OCH3 is 1. The first-order valence-corrected chi connectivity index (χ1v) is 5.13. The van der Waals surface area contributed by atoms with E-state index < -0.39 is 5.97 Å². The van der Waals surface area contributed by atoms with E-state index >= 15 is 0 Å². The number of aromatic nitrogens is 4. The first-order valence-electron chi connectivity index (χ1n) is 5.13. The van der Waals surface area contributed by atoms with Gasteiger partial charge >= 0.3 is 11.9 Å². The molecule has 94 valence electrons. The van der Waals surface area contributed by atoms with Gasteiger partial charge in [0.25, 0.3) is 0 Å². The van der Waals surface area contributed by atoms with Gasteiger partial charge in [-0.1, -0.05) is 5.16 Å². The summed E-state index contributed by atoms with van der Waals surface area (Å²) in [5.41, 5.74) is 0.370. The van der Waals surface area contributed by atoms with Crippen molar-refractivity contribution in [2.24, 2.45) is 0 Å². The minimum absolute atomic E-state index is 0.160. The van der Waals surface area contributed by atoms with Gasteiger partial charge in [-0.15, -0.1) is 10.2 Å². The van der Waals surface area contributed by atoms with Gasteiger partial charge in [-0.05, 0) is 13.0 Å². The number of nitrogens with zero attached hydrogens (tertiary/aromatic N) is 4. The van der Waals surface area contributed by atoms with Gasteiger partial charge in [0.1, 0.15) is 5.69 Å². The van der Waals surface area contributed by atoms with E-state index in [9.17, 15) is 4.79 Å². The lowest BCUT2D eigenvalue weighted by atomic mass is 10.4. The molecule has 0 aliphatic carbocycles. The number of hydrogen-bond donors (Lipinski definition) is 0. The summed E-state index contributed by atoms with van der Waals surface area (Å²) in [6.45, 7) is 1.92. The van der Waals surface area contributed by atoms with Crippen LogP contribution in [0.5, 0.6) is 5.88 Å². The molecule has 0 fully saturated rings. The third-order valence-corrected chi connectivity index (χ3v) is 1.95. The Labute approximate surface area is 102 Å². The van der Waals surface area contributed by atoms with Crippen molar-refractivity contribution in [2.75, 3.05) is 13.7 Å². The van der Waals surface area contributed by atoms with Crippen molar-refractivity contribution in [2.45, 2.75) is 6.92 Å². The normalized spacial score (nSPS) is 10.1. The fraction of sp³-hybridized carbons (Fsp3) is 0.300. The van der Waals surface area contributed by atoms with Gasteiger partial charge in [0.05, 0.1) is 13.7 Å². The van der Waals surface area contributed by atoms with E-state index in [1.165, 1.54) is 7.11 Å². The molecule has 0 bridgehead atoms. The second kappa shape index (κ2) is 5.21. The third kappa shape index (κ3) is 2.42. The maximum absolute atomic E-state index is 11.3. The van der Waals surface area contributed by atoms with E-state index in [2.05, 4.69) is 20.3 Å². The number of esters is 1. The summed E-state index contributed by atoms with van der Waals surface area (Å²) in [6, 6.07) is 3.20. The van der Waals surface area contributed by atoms with Gasteiger partial charge in [-0.25, -0.2) is 4.79 Å². The van der Waals surface area contributed by atoms with Crippen LogP contribution in [-0.4, -0.2) is 40.0 Å². The minimum Gasteiger partial charge on any atom is -0.480 e. The topological polar surface area (TPSA) is 100 Å². The Morgan fingerprint density at radius 3 is 2.83 bits per heavy atom. The summed E-state index contributed by atoms with van der Waals surface area (Å²) in [6.07, 6.45) is 0. The fourth-order valence-electron chi connectivity index (χ4n) is 1.15. The number of carbonyl (C=O) groups excluding carboxylic acids is 1. The molecule has 0 saturated heterocycles. The van der Waals surface area contributed by atoms with Crippen molar-refractivity contribution in [3.05, 3.63) is 18.0 Å². The first-order chi connectivity index (χ1) is 8.74. The van der Waals surface area contributed by atoms with Crippen molar-refractivity contribution in [1.29, 1.82) is 0 Å². The van der Waals surface area contributed by atoms with Crippen LogP contribution in [0.2, 0.25) is 0 Å². The lowest BCUT2D eigenvalue weighted by molar-refractivity contribution is 0.0470. The Kier molecular flexibility index (Phi) is 3.46. The van der Waals surface area contributed by atoms with Gasteiger partial charge in [0.15, 0.2) is 0 Å². The van der Waals surface area contributed by atoms with Crippen molar-refractivity contribution in [3.63, 3.8) is 0 Å². The Hall–Kier alpha value is -2.51. The average Bonchev–Trinajstić information content (AvgIpc) is 2.89. The number of hydrogen-bond acceptors (Lipinski definition) is 8. The Morgan fingerprint density at radius 2 is 2.22 bits per heavy atom. The van der Waals surface area contributed by atoms with Crippen LogP contribution < -0.4 is 4.74 Å². The quantitative estimate of drug-likeness (QED) is 0.731. The monoisotopic (exact) mass is 250 g/mol. The van der Waals surface area contributed by atoms with Crippen molar-refractivity contribution < 1.29 is 18.8 Å². The van der Waals surface area contributed by atoms with Gasteiger partial charge in [-0.3, -0.25) is 0 Å². The summed E-state index contributed by atoms with van der Waals surface area (Å²) in [4.78, 5) is 15.2. The Bertz CT molecular complexity index is 537. The molecule has 2 heterocycles. The van der Waals surface area contributed by atoms with Crippen LogP contribution in [-0.2, 0) is 4.74 Å². The highest BCUT2D eigenvalue weighted by Crippen LogP contribution is 2.14. The molecular formula is C10H10N4O4. The maximum Gasteiger partial charge on any atom is 0.397 e. The highest BCUT2D eigenvalue weighted by molar-refractivity contribution is 5.84. The number of carbonyl (C=O) groups is 1. The molecule has 0 aromatic carbocycles. The van der Waals surface area contributed by atoms with Crippen LogP contribution in [0.4, 0.5) is 0 Å². The number of rotatable bonds is 4. The molecule has 0 unspecified atom stereocenters. The van der Waals surface area contributed by atoms with E-state index in [1.807, 2.05) is 0 Å². The van der Waals surface area contributed by atoms with Crippen LogP contribution in [0, 0.1) is 0 Å². The molecule has 2 aromatic rings. The smallest absolute Gasteiger partial charge is 0.397 e.